The summed E-state index contributed by atoms with van der Waals surface area (Å²) in [6.07, 6.45) is -7.68. The van der Waals surface area contributed by atoms with Gasteiger partial charge in [-0.15, -0.1) is 0 Å². The highest BCUT2D eigenvalue weighted by molar-refractivity contribution is 4.97. The molecule has 0 aromatic heterocycles. The second-order valence-electron chi connectivity index (χ2n) is 9.77. The van der Waals surface area contributed by atoms with Gasteiger partial charge in [-0.1, -0.05) is 6.92 Å². The fourth-order valence-electron chi connectivity index (χ4n) is 4.23. The van der Waals surface area contributed by atoms with Crippen molar-refractivity contribution < 1.29 is 49.0 Å². The van der Waals surface area contributed by atoms with E-state index >= 15 is 0 Å². The number of nitrogens with zero attached hydrogens (tertiary/aromatic N) is 1. The van der Waals surface area contributed by atoms with E-state index in [-0.39, 0.29) is 13.2 Å². The summed E-state index contributed by atoms with van der Waals surface area (Å²) in [5.74, 6) is -0.411. The Morgan fingerprint density at radius 3 is 2.16 bits per heavy atom. The maximum Gasteiger partial charge on any atom is 0.176 e. The minimum atomic E-state index is -1.22. The van der Waals surface area contributed by atoms with E-state index in [9.17, 15) is 25.5 Å². The Labute approximate surface area is 189 Å². The fraction of sp³-hybridized carbons (Fsp3) is 1.00. The number of ether oxygens (including phenoxy) is 4. The molecular formula is C20H42N3O9+. The second-order valence-corrected chi connectivity index (χ2v) is 9.77. The highest BCUT2D eigenvalue weighted by Gasteiger charge is 2.50. The van der Waals surface area contributed by atoms with Gasteiger partial charge in [0.25, 0.3) is 0 Å². The van der Waals surface area contributed by atoms with Gasteiger partial charge in [0, 0.05) is 19.6 Å². The number of hydrogen-bond acceptors (Lipinski definition) is 11. The van der Waals surface area contributed by atoms with Crippen molar-refractivity contribution in [3.05, 3.63) is 0 Å². The molecule has 2 saturated heterocycles. The number of nitrogens with two attached hydrogens (primary N) is 1. The molecule has 8 N–H and O–H groups in total. The normalized spacial score (nSPS) is 42.1. The molecule has 0 radical (unpaired) electrons. The lowest BCUT2D eigenvalue weighted by atomic mass is 9.89. The highest BCUT2D eigenvalue weighted by Crippen LogP contribution is 2.30. The molecule has 2 aliphatic heterocycles. The van der Waals surface area contributed by atoms with Crippen molar-refractivity contribution in [3.8, 4) is 0 Å². The summed E-state index contributed by atoms with van der Waals surface area (Å²) in [5.41, 5.74) is 6.08. The van der Waals surface area contributed by atoms with Crippen LogP contribution in [0.1, 0.15) is 6.92 Å². The maximum absolute atomic E-state index is 11.1. The van der Waals surface area contributed by atoms with Gasteiger partial charge in [0.05, 0.1) is 58.6 Å². The molecule has 11 atom stereocenters. The van der Waals surface area contributed by atoms with Crippen LogP contribution in [-0.2, 0) is 18.9 Å². The molecule has 0 aromatic rings. The zero-order valence-electron chi connectivity index (χ0n) is 19.6. The van der Waals surface area contributed by atoms with Crippen LogP contribution < -0.4 is 11.1 Å². The molecule has 0 aliphatic carbocycles. The van der Waals surface area contributed by atoms with Crippen molar-refractivity contribution in [2.45, 2.75) is 68.2 Å². The maximum atomic E-state index is 11.1. The van der Waals surface area contributed by atoms with Crippen LogP contribution in [0.5, 0.6) is 0 Å². The van der Waals surface area contributed by atoms with Gasteiger partial charge in [-0.05, 0) is 0 Å². The van der Waals surface area contributed by atoms with Gasteiger partial charge in [0.15, 0.2) is 12.6 Å². The van der Waals surface area contributed by atoms with E-state index in [1.54, 1.807) is 6.92 Å². The van der Waals surface area contributed by atoms with E-state index in [4.69, 9.17) is 24.7 Å². The van der Waals surface area contributed by atoms with Crippen LogP contribution in [0, 0.1) is 5.92 Å². The first kappa shape index (κ1) is 27.8. The van der Waals surface area contributed by atoms with Crippen molar-refractivity contribution in [3.63, 3.8) is 0 Å². The lowest BCUT2D eigenvalue weighted by Crippen LogP contribution is -2.67. The number of quaternary nitrogens is 1. The molecule has 2 rings (SSSR count). The smallest absolute Gasteiger partial charge is 0.176 e. The van der Waals surface area contributed by atoms with Crippen molar-refractivity contribution in [1.82, 2.24) is 5.32 Å². The molecule has 0 bridgehead atoms. The molecular weight excluding hydrogens is 426 g/mol. The molecule has 0 saturated carbocycles. The molecule has 2 heterocycles. The van der Waals surface area contributed by atoms with Crippen LogP contribution >= 0.6 is 0 Å². The lowest BCUT2D eigenvalue weighted by molar-refractivity contribution is -0.873. The first-order valence-corrected chi connectivity index (χ1v) is 11.0. The standard InChI is InChI=1S/C20H42N3O9/c1-10-12(8-24)30-19(14(21)16(10)27)32-18-13(9-25)31-20(29-5)15(17(18)28)22-6-11(26)7-23(2,3)4/h10-20,22,24-28H,6-9,21H2,1-5H3/q+1. The third-order valence-corrected chi connectivity index (χ3v) is 6.05. The van der Waals surface area contributed by atoms with Crippen LogP contribution in [0.3, 0.4) is 0 Å². The van der Waals surface area contributed by atoms with Crippen molar-refractivity contribution in [2.75, 3.05) is 54.6 Å². The van der Waals surface area contributed by atoms with Gasteiger partial charge in [-0.3, -0.25) is 0 Å². The van der Waals surface area contributed by atoms with E-state index in [0.29, 0.717) is 11.0 Å². The van der Waals surface area contributed by atoms with Crippen molar-refractivity contribution in [1.29, 1.82) is 0 Å². The number of rotatable bonds is 10. The predicted molar refractivity (Wildman–Crippen MR) is 113 cm³/mol. The zero-order chi connectivity index (χ0) is 24.2. The Morgan fingerprint density at radius 2 is 1.62 bits per heavy atom. The quantitative estimate of drug-likeness (QED) is 0.156. The van der Waals surface area contributed by atoms with Gasteiger partial charge in [0.2, 0.25) is 0 Å². The molecule has 12 heteroatoms. The Hall–Kier alpha value is -0.480. The number of hydrogen-bond donors (Lipinski definition) is 7. The number of aliphatic hydroxyl groups excluding tert-OH is 5. The SMILES string of the molecule is COC1OC(CO)C(OC2OC(CO)C(C)C(O)C2N)C(O)C1NCC(O)C[N+](C)(C)C. The van der Waals surface area contributed by atoms with E-state index in [1.165, 1.54) is 7.11 Å². The average Bonchev–Trinajstić information content (AvgIpc) is 2.72. The average molecular weight is 469 g/mol. The summed E-state index contributed by atoms with van der Waals surface area (Å²) >= 11 is 0. The topological polar surface area (TPSA) is 176 Å². The number of nitrogens with one attached hydrogen (secondary N) is 1. The Balaban J connectivity index is 2.13. The molecule has 0 amide bonds. The molecule has 0 spiro atoms. The van der Waals surface area contributed by atoms with Crippen LogP contribution in [0.2, 0.25) is 0 Å². The van der Waals surface area contributed by atoms with E-state index in [2.05, 4.69) is 5.32 Å². The summed E-state index contributed by atoms with van der Waals surface area (Å²) in [6.45, 7) is 1.55. The number of methoxy groups -OCH3 is 1. The third-order valence-electron chi connectivity index (χ3n) is 6.05. The van der Waals surface area contributed by atoms with E-state index in [0.717, 1.165) is 0 Å². The summed E-state index contributed by atoms with van der Waals surface area (Å²) in [5, 5.41) is 54.3. The zero-order valence-corrected chi connectivity index (χ0v) is 19.6. The minimum Gasteiger partial charge on any atom is -0.394 e. The van der Waals surface area contributed by atoms with Crippen LogP contribution in [0.4, 0.5) is 0 Å². The van der Waals surface area contributed by atoms with Gasteiger partial charge >= 0.3 is 0 Å². The molecule has 2 fully saturated rings. The third kappa shape index (κ3) is 6.78. The predicted octanol–water partition coefficient (Wildman–Crippen LogP) is -3.84. The van der Waals surface area contributed by atoms with Crippen LogP contribution in [-0.4, -0.2) is 146 Å². The van der Waals surface area contributed by atoms with Crippen LogP contribution in [0.15, 0.2) is 0 Å². The number of likely N-dealkylation sites (N-methyl/N-ethyl adjacent to an activating group) is 1. The molecule has 32 heavy (non-hydrogen) atoms. The molecule has 0 aromatic carbocycles. The Bertz CT molecular complexity index is 565. The first-order chi connectivity index (χ1) is 14.9. The molecule has 190 valence electrons. The lowest BCUT2D eigenvalue weighted by Gasteiger charge is -2.47. The Morgan fingerprint density at radius 1 is 1.03 bits per heavy atom. The van der Waals surface area contributed by atoms with Crippen molar-refractivity contribution in [2.24, 2.45) is 11.7 Å². The summed E-state index contributed by atoms with van der Waals surface area (Å²) in [7, 11) is 7.28. The first-order valence-electron chi connectivity index (χ1n) is 11.0. The monoisotopic (exact) mass is 468 g/mol. The van der Waals surface area contributed by atoms with Crippen molar-refractivity contribution >= 4 is 0 Å². The summed E-state index contributed by atoms with van der Waals surface area (Å²) < 4.78 is 23.3. The van der Waals surface area contributed by atoms with Gasteiger partial charge in [-0.25, -0.2) is 0 Å². The molecule has 2 aliphatic rings. The van der Waals surface area contributed by atoms with E-state index < -0.39 is 73.8 Å². The van der Waals surface area contributed by atoms with Gasteiger partial charge in [0.1, 0.15) is 31.0 Å². The molecule has 12 nitrogen and oxygen atoms in total. The van der Waals surface area contributed by atoms with Gasteiger partial charge in [-0.2, -0.15) is 0 Å². The number of aliphatic hydroxyl groups is 5. The largest absolute Gasteiger partial charge is 0.394 e. The second kappa shape index (κ2) is 11.8. The van der Waals surface area contributed by atoms with Gasteiger partial charge < -0.3 is 60.0 Å². The summed E-state index contributed by atoms with van der Waals surface area (Å²) in [4.78, 5) is 0. The highest BCUT2D eigenvalue weighted by atomic mass is 16.7. The summed E-state index contributed by atoms with van der Waals surface area (Å²) in [6, 6.07) is -1.72. The van der Waals surface area contributed by atoms with Crippen LogP contribution in [0.25, 0.3) is 0 Å². The Kier molecular flexibility index (Phi) is 10.2. The minimum absolute atomic E-state index is 0.166. The van der Waals surface area contributed by atoms with E-state index in [1.807, 2.05) is 21.1 Å². The molecule has 11 unspecified atom stereocenters. The fourth-order valence-corrected chi connectivity index (χ4v) is 4.23.